The summed E-state index contributed by atoms with van der Waals surface area (Å²) in [5.41, 5.74) is 6.08. The molecule has 0 aliphatic carbocycles. The van der Waals surface area contributed by atoms with Gasteiger partial charge in [0.1, 0.15) is 6.04 Å². The van der Waals surface area contributed by atoms with Crippen LogP contribution in [0.1, 0.15) is 12.0 Å². The van der Waals surface area contributed by atoms with Gasteiger partial charge < -0.3 is 21.5 Å². The average molecular weight is 293 g/mol. The van der Waals surface area contributed by atoms with Crippen molar-refractivity contribution in [2.24, 2.45) is 5.73 Å². The van der Waals surface area contributed by atoms with Gasteiger partial charge >= 0.3 is 5.97 Å². The van der Waals surface area contributed by atoms with Gasteiger partial charge in [-0.15, -0.1) is 0 Å². The molecule has 1 aromatic rings. The third-order valence-corrected chi connectivity index (χ3v) is 2.83. The minimum Gasteiger partial charge on any atom is -0.480 e. The van der Waals surface area contributed by atoms with E-state index in [4.69, 9.17) is 10.8 Å². The maximum Gasteiger partial charge on any atom is 0.326 e. The lowest BCUT2D eigenvalue weighted by atomic mass is 10.1. The van der Waals surface area contributed by atoms with Crippen LogP contribution in [0, 0.1) is 0 Å². The van der Waals surface area contributed by atoms with Gasteiger partial charge in [-0.1, -0.05) is 30.3 Å². The Morgan fingerprint density at radius 2 is 1.81 bits per heavy atom. The van der Waals surface area contributed by atoms with Crippen molar-refractivity contribution in [1.29, 1.82) is 0 Å². The maximum atomic E-state index is 11.6. The Labute approximate surface area is 122 Å². The molecule has 0 radical (unpaired) electrons. The lowest BCUT2D eigenvalue weighted by Crippen LogP contribution is -2.46. The van der Waals surface area contributed by atoms with Gasteiger partial charge in [-0.05, 0) is 18.4 Å². The maximum absolute atomic E-state index is 11.6. The molecule has 0 fully saturated rings. The minimum atomic E-state index is -1.11. The lowest BCUT2D eigenvalue weighted by molar-refractivity contribution is -0.141. The van der Waals surface area contributed by atoms with Crippen LogP contribution in [0.2, 0.25) is 0 Å². The standard InChI is InChI=1S/C14H19N3O4/c15-8-12(18)16-9-13(19)17-11(14(20)21)7-6-10-4-2-1-3-5-10/h1-5,11H,6-9,15H2,(H,16,18)(H,17,19)(H,20,21). The molecule has 21 heavy (non-hydrogen) atoms. The molecule has 0 aliphatic heterocycles. The number of benzene rings is 1. The zero-order valence-electron chi connectivity index (χ0n) is 11.5. The van der Waals surface area contributed by atoms with Crippen molar-refractivity contribution < 1.29 is 19.5 Å². The Hall–Kier alpha value is -2.41. The first-order valence-electron chi connectivity index (χ1n) is 6.55. The van der Waals surface area contributed by atoms with Crippen LogP contribution in [0.4, 0.5) is 0 Å². The number of nitrogens with one attached hydrogen (secondary N) is 2. The third kappa shape index (κ3) is 6.53. The molecule has 114 valence electrons. The molecule has 5 N–H and O–H groups in total. The number of rotatable bonds is 8. The molecule has 7 nitrogen and oxygen atoms in total. The number of hydrogen-bond donors (Lipinski definition) is 4. The van der Waals surface area contributed by atoms with Gasteiger partial charge in [0, 0.05) is 0 Å². The third-order valence-electron chi connectivity index (χ3n) is 2.83. The summed E-state index contributed by atoms with van der Waals surface area (Å²) in [6.07, 6.45) is 0.809. The van der Waals surface area contributed by atoms with Crippen molar-refractivity contribution in [3.8, 4) is 0 Å². The van der Waals surface area contributed by atoms with Crippen LogP contribution in [0.25, 0.3) is 0 Å². The van der Waals surface area contributed by atoms with Crippen LogP contribution >= 0.6 is 0 Å². The second kappa shape index (κ2) is 8.70. The fourth-order valence-electron chi connectivity index (χ4n) is 1.71. The average Bonchev–Trinajstić information content (AvgIpc) is 2.49. The van der Waals surface area contributed by atoms with E-state index in [1.807, 2.05) is 30.3 Å². The highest BCUT2D eigenvalue weighted by atomic mass is 16.4. The number of aryl methyl sites for hydroxylation is 1. The van der Waals surface area contributed by atoms with Gasteiger partial charge in [0.25, 0.3) is 0 Å². The monoisotopic (exact) mass is 293 g/mol. The van der Waals surface area contributed by atoms with Crippen molar-refractivity contribution in [2.75, 3.05) is 13.1 Å². The molecule has 1 unspecified atom stereocenters. The SMILES string of the molecule is NCC(=O)NCC(=O)NC(CCc1ccccc1)C(=O)O. The summed E-state index contributed by atoms with van der Waals surface area (Å²) >= 11 is 0. The summed E-state index contributed by atoms with van der Waals surface area (Å²) in [5.74, 6) is -2.14. The fraction of sp³-hybridized carbons (Fsp3) is 0.357. The topological polar surface area (TPSA) is 122 Å². The Kier molecular flexibility index (Phi) is 6.90. The van der Waals surface area contributed by atoms with Gasteiger partial charge in [0.05, 0.1) is 13.1 Å². The van der Waals surface area contributed by atoms with E-state index < -0.39 is 23.8 Å². The predicted molar refractivity (Wildman–Crippen MR) is 76.4 cm³/mol. The van der Waals surface area contributed by atoms with E-state index in [1.165, 1.54) is 0 Å². The fourth-order valence-corrected chi connectivity index (χ4v) is 1.71. The molecule has 0 saturated heterocycles. The second-order valence-corrected chi connectivity index (χ2v) is 4.46. The molecule has 1 atom stereocenters. The summed E-state index contributed by atoms with van der Waals surface area (Å²) in [7, 11) is 0. The van der Waals surface area contributed by atoms with Gasteiger partial charge in [-0.25, -0.2) is 4.79 Å². The van der Waals surface area contributed by atoms with Crippen molar-refractivity contribution in [2.45, 2.75) is 18.9 Å². The molecule has 0 bridgehead atoms. The number of amides is 2. The van der Waals surface area contributed by atoms with Crippen molar-refractivity contribution in [3.63, 3.8) is 0 Å². The van der Waals surface area contributed by atoms with E-state index >= 15 is 0 Å². The molecule has 2 amide bonds. The molecule has 1 rings (SSSR count). The molecular formula is C14H19N3O4. The van der Waals surface area contributed by atoms with Crippen LogP contribution in [-0.2, 0) is 20.8 Å². The smallest absolute Gasteiger partial charge is 0.326 e. The van der Waals surface area contributed by atoms with E-state index in [0.29, 0.717) is 6.42 Å². The first kappa shape index (κ1) is 16.6. The Morgan fingerprint density at radius 1 is 1.14 bits per heavy atom. The summed E-state index contributed by atoms with van der Waals surface area (Å²) in [6.45, 7) is -0.505. The van der Waals surface area contributed by atoms with Crippen LogP contribution in [0.3, 0.4) is 0 Å². The number of aliphatic carboxylic acids is 1. The highest BCUT2D eigenvalue weighted by molar-refractivity contribution is 5.88. The largest absolute Gasteiger partial charge is 0.480 e. The van der Waals surface area contributed by atoms with Crippen molar-refractivity contribution in [3.05, 3.63) is 35.9 Å². The predicted octanol–water partition coefficient (Wildman–Crippen LogP) is -0.736. The Morgan fingerprint density at radius 3 is 2.38 bits per heavy atom. The quantitative estimate of drug-likeness (QED) is 0.503. The summed E-state index contributed by atoms with van der Waals surface area (Å²) in [5, 5.41) is 13.8. The molecule has 0 aliphatic rings. The number of carbonyl (C=O) groups excluding carboxylic acids is 2. The number of carboxylic acid groups (broad SMARTS) is 1. The second-order valence-electron chi connectivity index (χ2n) is 4.46. The molecule has 1 aromatic carbocycles. The van der Waals surface area contributed by atoms with Gasteiger partial charge in [-0.3, -0.25) is 9.59 Å². The van der Waals surface area contributed by atoms with E-state index in [0.717, 1.165) is 5.56 Å². The number of carboxylic acids is 1. The van der Waals surface area contributed by atoms with E-state index in [9.17, 15) is 14.4 Å². The zero-order chi connectivity index (χ0) is 15.7. The number of hydrogen-bond acceptors (Lipinski definition) is 4. The lowest BCUT2D eigenvalue weighted by Gasteiger charge is -2.14. The summed E-state index contributed by atoms with van der Waals surface area (Å²) in [6, 6.07) is 8.40. The normalized spacial score (nSPS) is 11.5. The number of carbonyl (C=O) groups is 3. The van der Waals surface area contributed by atoms with Crippen molar-refractivity contribution in [1.82, 2.24) is 10.6 Å². The molecule has 7 heteroatoms. The van der Waals surface area contributed by atoms with Gasteiger partial charge in [0.2, 0.25) is 11.8 Å². The first-order valence-corrected chi connectivity index (χ1v) is 6.55. The van der Waals surface area contributed by atoms with Gasteiger partial charge in [0.15, 0.2) is 0 Å². The number of nitrogens with two attached hydrogens (primary N) is 1. The summed E-state index contributed by atoms with van der Waals surface area (Å²) < 4.78 is 0. The Bertz CT molecular complexity index is 490. The highest BCUT2D eigenvalue weighted by Crippen LogP contribution is 2.05. The van der Waals surface area contributed by atoms with E-state index in [1.54, 1.807) is 0 Å². The molecule has 0 spiro atoms. The van der Waals surface area contributed by atoms with Crippen molar-refractivity contribution >= 4 is 17.8 Å². The van der Waals surface area contributed by atoms with E-state index in [-0.39, 0.29) is 19.5 Å². The molecule has 0 aromatic heterocycles. The van der Waals surface area contributed by atoms with Crippen LogP contribution in [-0.4, -0.2) is 42.0 Å². The zero-order valence-corrected chi connectivity index (χ0v) is 11.5. The molecule has 0 heterocycles. The van der Waals surface area contributed by atoms with Gasteiger partial charge in [-0.2, -0.15) is 0 Å². The summed E-state index contributed by atoms with van der Waals surface area (Å²) in [4.78, 5) is 33.6. The van der Waals surface area contributed by atoms with Crippen LogP contribution in [0.15, 0.2) is 30.3 Å². The van der Waals surface area contributed by atoms with E-state index in [2.05, 4.69) is 10.6 Å². The highest BCUT2D eigenvalue weighted by Gasteiger charge is 2.19. The first-order chi connectivity index (χ1) is 10.0. The van der Waals surface area contributed by atoms with Crippen LogP contribution in [0.5, 0.6) is 0 Å². The minimum absolute atomic E-state index is 0.219. The molecular weight excluding hydrogens is 274 g/mol. The Balaban J connectivity index is 2.44. The van der Waals surface area contributed by atoms with Crippen LogP contribution < -0.4 is 16.4 Å². The molecule has 0 saturated carbocycles.